The Morgan fingerprint density at radius 1 is 1.50 bits per heavy atom. The lowest BCUT2D eigenvalue weighted by molar-refractivity contribution is 4.21. The molecule has 0 aromatic rings. The molecule has 24 valence electrons. The van der Waals surface area contributed by atoms with E-state index >= 15 is 0 Å². The van der Waals surface area contributed by atoms with Crippen LogP contribution in [-0.4, -0.2) is 15.8 Å². The molecule has 0 N–H and O–H groups in total. The molecular weight excluding hydrogens is 127 g/mol. The molecule has 0 atom stereocenters. The summed E-state index contributed by atoms with van der Waals surface area (Å²) in [5, 5.41) is 0. The molecule has 0 aliphatic heterocycles. The minimum absolute atomic E-state index is 0.907. The molecule has 4 heteroatoms. The number of hydrogen-bond donors (Lipinski definition) is 0. The van der Waals surface area contributed by atoms with Gasteiger partial charge in [-0.25, -0.2) is 0 Å². The first-order valence-electron chi connectivity index (χ1n) is 0.732. The molecule has 0 saturated carbocycles. The van der Waals surface area contributed by atoms with Crippen LogP contribution in [0.5, 0.6) is 0 Å². The summed E-state index contributed by atoms with van der Waals surface area (Å²) in [5.41, 5.74) is 0. The quantitative estimate of drug-likeness (QED) is 0.321. The minimum atomic E-state index is -0.907. The van der Waals surface area contributed by atoms with Crippen molar-refractivity contribution in [3.05, 3.63) is 0 Å². The summed E-state index contributed by atoms with van der Waals surface area (Å²) in [5.74, 6) is 0. The molecule has 0 unspecified atom stereocenters. The van der Waals surface area contributed by atoms with E-state index in [2.05, 4.69) is 0 Å². The van der Waals surface area contributed by atoms with Crippen molar-refractivity contribution in [3.8, 4) is 0 Å². The van der Waals surface area contributed by atoms with Crippen LogP contribution >= 0.6 is 22.2 Å². The zero-order valence-electron chi connectivity index (χ0n) is 1.96. The Morgan fingerprint density at radius 3 is 1.50 bits per heavy atom. The third kappa shape index (κ3) is 11.9. The van der Waals surface area contributed by atoms with E-state index in [0.717, 1.165) is 0 Å². The van der Waals surface area contributed by atoms with Gasteiger partial charge < -0.3 is 0 Å². The van der Waals surface area contributed by atoms with Gasteiger partial charge in [-0.1, -0.05) is 0 Å². The molecule has 0 spiro atoms. The van der Waals surface area contributed by atoms with E-state index in [9.17, 15) is 0 Å². The van der Waals surface area contributed by atoms with E-state index in [1.807, 2.05) is 0 Å². The SMILES string of the molecule is [SiH2]=[Si](Cl)Cl. The zero-order chi connectivity index (χ0) is 3.58. The van der Waals surface area contributed by atoms with E-state index in [1.165, 1.54) is 0 Å². The highest BCUT2D eigenvalue weighted by molar-refractivity contribution is 7.38. The average molecular weight is 129 g/mol. The molecular formula is H2Cl2Si2. The summed E-state index contributed by atoms with van der Waals surface area (Å²) >= 11 is 10.3. The van der Waals surface area contributed by atoms with Crippen LogP contribution in [0.4, 0.5) is 0 Å². The van der Waals surface area contributed by atoms with Crippen LogP contribution < -0.4 is 0 Å². The maximum Gasteiger partial charge on any atom is 0.197 e. The van der Waals surface area contributed by atoms with Crippen LogP contribution in [0.15, 0.2) is 0 Å². The van der Waals surface area contributed by atoms with Crippen molar-refractivity contribution >= 4 is 38.0 Å². The normalized spacial score (nSPS) is 6.50. The highest BCUT2D eigenvalue weighted by atomic mass is 35.7. The van der Waals surface area contributed by atoms with Crippen molar-refractivity contribution in [2.45, 2.75) is 0 Å². The molecule has 0 amide bonds. The second-order valence-electron chi connectivity index (χ2n) is 0.339. The van der Waals surface area contributed by atoms with E-state index in [1.54, 1.807) is 9.34 Å². The second kappa shape index (κ2) is 2.26. The highest BCUT2D eigenvalue weighted by Crippen LogP contribution is 1.75. The molecule has 0 aromatic carbocycles. The maximum absolute atomic E-state index is 5.15. The lowest BCUT2D eigenvalue weighted by Gasteiger charge is -1.54. The van der Waals surface area contributed by atoms with Crippen LogP contribution in [0.2, 0.25) is 0 Å². The predicted molar refractivity (Wildman–Crippen MR) is 26.0 cm³/mol. The van der Waals surface area contributed by atoms with Crippen LogP contribution in [0.3, 0.4) is 0 Å². The average Bonchev–Trinajstić information content (AvgIpc) is 0.811. The Kier molecular flexibility index (Phi) is 2.84. The maximum atomic E-state index is 5.15. The Labute approximate surface area is 38.5 Å². The highest BCUT2D eigenvalue weighted by Gasteiger charge is 1.64. The molecule has 0 rings (SSSR count). The van der Waals surface area contributed by atoms with Gasteiger partial charge in [0, 0.05) is 0 Å². The number of hydrogen-bond acceptors (Lipinski definition) is 0. The van der Waals surface area contributed by atoms with Crippen LogP contribution in [-0.2, 0) is 0 Å². The van der Waals surface area contributed by atoms with Crippen LogP contribution in [0.1, 0.15) is 0 Å². The molecule has 4 heavy (non-hydrogen) atoms. The van der Waals surface area contributed by atoms with Gasteiger partial charge in [-0.05, 0) is 9.34 Å². The molecule has 0 aliphatic rings. The summed E-state index contributed by atoms with van der Waals surface area (Å²) in [6.45, 7) is -0.907. The van der Waals surface area contributed by atoms with Gasteiger partial charge in [-0.2, -0.15) is 0 Å². The van der Waals surface area contributed by atoms with Crippen molar-refractivity contribution in [2.24, 2.45) is 0 Å². The van der Waals surface area contributed by atoms with Gasteiger partial charge >= 0.3 is 0 Å². The lowest BCUT2D eigenvalue weighted by atomic mass is 27.2. The fraction of sp³-hybridized carbons (Fsp3) is 0. The first-order valence-corrected chi connectivity index (χ1v) is 6.58. The summed E-state index contributed by atoms with van der Waals surface area (Å²) in [6, 6.07) is 0. The Bertz CT molecular complexity index is 27.0. The van der Waals surface area contributed by atoms with Gasteiger partial charge in [0.2, 0.25) is 0 Å². The fourth-order valence-electron chi connectivity index (χ4n) is 0. The van der Waals surface area contributed by atoms with Gasteiger partial charge in [-0.3, -0.25) is 0 Å². The largest absolute Gasteiger partial charge is 0.197 e. The monoisotopic (exact) mass is 128 g/mol. The standard InChI is InChI=1S/Cl2H2Si2/c1-4(2)3/h3H2. The summed E-state index contributed by atoms with van der Waals surface area (Å²) < 4.78 is 0. The van der Waals surface area contributed by atoms with E-state index in [0.29, 0.717) is 0 Å². The van der Waals surface area contributed by atoms with E-state index in [4.69, 9.17) is 22.2 Å². The summed E-state index contributed by atoms with van der Waals surface area (Å²) in [6.07, 6.45) is 0. The molecule has 0 aromatic heterocycles. The molecule has 0 bridgehead atoms. The minimum Gasteiger partial charge on any atom is -0.124 e. The third-order valence-electron chi connectivity index (χ3n) is 0. The Morgan fingerprint density at radius 2 is 1.50 bits per heavy atom. The zero-order valence-corrected chi connectivity index (χ0v) is 5.89. The summed E-state index contributed by atoms with van der Waals surface area (Å²) in [7, 11) is 1.64. The smallest absolute Gasteiger partial charge is 0.124 e. The van der Waals surface area contributed by atoms with Gasteiger partial charge in [0.05, 0.1) is 0 Å². The second-order valence-corrected chi connectivity index (χ2v) is 9.14. The van der Waals surface area contributed by atoms with Crippen molar-refractivity contribution < 1.29 is 0 Å². The first-order chi connectivity index (χ1) is 1.73. The fourth-order valence-corrected chi connectivity index (χ4v) is 0. The number of rotatable bonds is 0. The molecule has 0 radical (unpaired) electrons. The number of halogens is 2. The van der Waals surface area contributed by atoms with Gasteiger partial charge in [0.1, 0.15) is 0 Å². The van der Waals surface area contributed by atoms with Crippen LogP contribution in [0, 0.1) is 0 Å². The van der Waals surface area contributed by atoms with E-state index < -0.39 is 6.51 Å². The molecule has 0 saturated heterocycles. The van der Waals surface area contributed by atoms with E-state index in [-0.39, 0.29) is 0 Å². The van der Waals surface area contributed by atoms with Crippen LogP contribution in [0.25, 0.3) is 0 Å². The Hall–Kier alpha value is 1.01. The molecule has 0 fully saturated rings. The first kappa shape index (κ1) is 5.01. The summed E-state index contributed by atoms with van der Waals surface area (Å²) in [4.78, 5) is 0. The van der Waals surface area contributed by atoms with Gasteiger partial charge in [0.25, 0.3) is 0 Å². The molecule has 0 nitrogen and oxygen atoms in total. The van der Waals surface area contributed by atoms with Gasteiger partial charge in [0.15, 0.2) is 6.51 Å². The molecule has 0 heterocycles. The third-order valence-corrected chi connectivity index (χ3v) is 0. The topological polar surface area (TPSA) is 0 Å². The van der Waals surface area contributed by atoms with Crippen molar-refractivity contribution in [1.29, 1.82) is 0 Å². The van der Waals surface area contributed by atoms with Crippen molar-refractivity contribution in [3.63, 3.8) is 0 Å². The van der Waals surface area contributed by atoms with Crippen molar-refractivity contribution in [2.75, 3.05) is 0 Å². The van der Waals surface area contributed by atoms with Crippen molar-refractivity contribution in [1.82, 2.24) is 0 Å². The lowest BCUT2D eigenvalue weighted by Crippen LogP contribution is -1.64. The van der Waals surface area contributed by atoms with Gasteiger partial charge in [-0.15, -0.1) is 22.2 Å². The Balaban J connectivity index is 2.80. The predicted octanol–water partition coefficient (Wildman–Crippen LogP) is 0.0820. The molecule has 0 aliphatic carbocycles.